The lowest BCUT2D eigenvalue weighted by molar-refractivity contribution is -0.139. The molecule has 10 nitrogen and oxygen atoms in total. The molecule has 38 heavy (non-hydrogen) atoms. The van der Waals surface area contributed by atoms with Gasteiger partial charge in [0.1, 0.15) is 11.3 Å². The number of carbonyl (C=O) groups is 1. The number of halogens is 3. The number of nitrogens with two attached hydrogens (primary N) is 1. The lowest BCUT2D eigenvalue weighted by Crippen LogP contribution is -2.26. The minimum Gasteiger partial charge on any atom is -0.490 e. The van der Waals surface area contributed by atoms with Gasteiger partial charge in [-0.25, -0.2) is 4.68 Å². The first-order valence-electron chi connectivity index (χ1n) is 12.1. The average Bonchev–Trinajstić information content (AvgIpc) is 3.55. The topological polar surface area (TPSA) is 126 Å². The Morgan fingerprint density at radius 1 is 1.16 bits per heavy atom. The predicted molar refractivity (Wildman–Crippen MR) is 132 cm³/mol. The van der Waals surface area contributed by atoms with Crippen molar-refractivity contribution >= 4 is 11.6 Å². The number of amides is 1. The number of benzene rings is 1. The standard InChI is InChI=1S/C25H25F3N8O2/c26-25(27,28)23-21(38-18-3-1-4-18)6-5-19(22(23)16-13-32-35(15-16)11-2-9-29)33-24(37)20-8-12-36(34-20)17-7-10-30-31-14-17/h5-8,10,12-15,18H,1-4,9,11,29H2,(H,33,37). The van der Waals surface area contributed by atoms with Gasteiger partial charge in [-0.1, -0.05) is 0 Å². The van der Waals surface area contributed by atoms with Crippen LogP contribution in [0.2, 0.25) is 0 Å². The summed E-state index contributed by atoms with van der Waals surface area (Å²) in [7, 11) is 0. The second-order valence-electron chi connectivity index (χ2n) is 8.86. The van der Waals surface area contributed by atoms with Gasteiger partial charge < -0.3 is 15.8 Å². The molecule has 1 aliphatic carbocycles. The number of carbonyl (C=O) groups excluding carboxylic acids is 1. The maximum absolute atomic E-state index is 14.5. The van der Waals surface area contributed by atoms with E-state index < -0.39 is 17.6 Å². The molecule has 1 saturated carbocycles. The summed E-state index contributed by atoms with van der Waals surface area (Å²) >= 11 is 0. The first-order chi connectivity index (χ1) is 18.3. The Bertz CT molecular complexity index is 1410. The largest absolute Gasteiger partial charge is 0.490 e. The normalized spacial score (nSPS) is 13.8. The van der Waals surface area contributed by atoms with Crippen LogP contribution in [-0.2, 0) is 12.7 Å². The average molecular weight is 527 g/mol. The Morgan fingerprint density at radius 2 is 2.00 bits per heavy atom. The lowest BCUT2D eigenvalue weighted by atomic mass is 9.95. The molecule has 0 atom stereocenters. The predicted octanol–water partition coefficient (Wildman–Crippen LogP) is 4.08. The van der Waals surface area contributed by atoms with Crippen molar-refractivity contribution in [1.82, 2.24) is 29.8 Å². The van der Waals surface area contributed by atoms with E-state index in [1.165, 1.54) is 52.4 Å². The minimum absolute atomic E-state index is 0.00903. The van der Waals surface area contributed by atoms with Crippen molar-refractivity contribution in [1.29, 1.82) is 0 Å². The van der Waals surface area contributed by atoms with Gasteiger partial charge in [0.2, 0.25) is 0 Å². The molecular weight excluding hydrogens is 501 g/mol. The first-order valence-corrected chi connectivity index (χ1v) is 12.1. The van der Waals surface area contributed by atoms with E-state index in [4.69, 9.17) is 10.5 Å². The van der Waals surface area contributed by atoms with Crippen molar-refractivity contribution in [3.8, 4) is 22.6 Å². The zero-order valence-corrected chi connectivity index (χ0v) is 20.2. The number of alkyl halides is 3. The molecule has 5 rings (SSSR count). The number of hydrogen-bond donors (Lipinski definition) is 2. The number of nitrogens with one attached hydrogen (secondary N) is 1. The number of rotatable bonds is 9. The summed E-state index contributed by atoms with van der Waals surface area (Å²) in [6.07, 6.45) is 5.20. The lowest BCUT2D eigenvalue weighted by Gasteiger charge is -2.29. The molecule has 1 aliphatic rings. The summed E-state index contributed by atoms with van der Waals surface area (Å²) in [6, 6.07) is 5.77. The van der Waals surface area contributed by atoms with Crippen LogP contribution in [0.1, 0.15) is 41.7 Å². The zero-order valence-electron chi connectivity index (χ0n) is 20.2. The fourth-order valence-electron chi connectivity index (χ4n) is 4.10. The smallest absolute Gasteiger partial charge is 0.420 e. The van der Waals surface area contributed by atoms with E-state index in [1.54, 1.807) is 12.3 Å². The Hall–Kier alpha value is -4.26. The molecule has 198 valence electrons. The molecule has 3 heterocycles. The van der Waals surface area contributed by atoms with Crippen molar-refractivity contribution in [2.45, 2.75) is 44.5 Å². The van der Waals surface area contributed by atoms with Crippen LogP contribution in [0.25, 0.3) is 16.8 Å². The highest BCUT2D eigenvalue weighted by atomic mass is 19.4. The molecule has 1 aromatic carbocycles. The molecule has 0 saturated heterocycles. The Labute approximate surface area is 215 Å². The Balaban J connectivity index is 1.54. The first kappa shape index (κ1) is 25.4. The van der Waals surface area contributed by atoms with E-state index in [-0.39, 0.29) is 34.4 Å². The van der Waals surface area contributed by atoms with E-state index in [2.05, 4.69) is 25.7 Å². The van der Waals surface area contributed by atoms with Crippen LogP contribution in [0, 0.1) is 0 Å². The molecule has 0 spiro atoms. The summed E-state index contributed by atoms with van der Waals surface area (Å²) in [6.45, 7) is 0.857. The molecule has 1 fully saturated rings. The van der Waals surface area contributed by atoms with Crippen LogP contribution >= 0.6 is 0 Å². The van der Waals surface area contributed by atoms with E-state index >= 15 is 0 Å². The maximum atomic E-state index is 14.5. The molecule has 4 aromatic rings. The van der Waals surface area contributed by atoms with Crippen molar-refractivity contribution in [3.63, 3.8) is 0 Å². The molecule has 3 N–H and O–H groups in total. The van der Waals surface area contributed by atoms with Gasteiger partial charge in [0.25, 0.3) is 5.91 Å². The quantitative estimate of drug-likeness (QED) is 0.337. The zero-order chi connectivity index (χ0) is 26.7. The van der Waals surface area contributed by atoms with E-state index in [0.29, 0.717) is 38.0 Å². The fourth-order valence-corrected chi connectivity index (χ4v) is 4.10. The molecule has 0 aliphatic heterocycles. The SMILES string of the molecule is NCCCn1cc(-c2c(NC(=O)c3ccn(-c4ccnnc4)n3)ccc(OC3CCC3)c2C(F)(F)F)cn1. The van der Waals surface area contributed by atoms with Crippen molar-refractivity contribution in [2.24, 2.45) is 5.73 Å². The number of anilines is 1. The van der Waals surface area contributed by atoms with Gasteiger partial charge >= 0.3 is 6.18 Å². The Kier molecular flexibility index (Phi) is 7.09. The van der Waals surface area contributed by atoms with E-state index in [9.17, 15) is 18.0 Å². The minimum atomic E-state index is -4.76. The second-order valence-corrected chi connectivity index (χ2v) is 8.86. The number of aromatic nitrogens is 6. The van der Waals surface area contributed by atoms with Crippen molar-refractivity contribution in [2.75, 3.05) is 11.9 Å². The highest BCUT2D eigenvalue weighted by Gasteiger charge is 2.40. The third-order valence-corrected chi connectivity index (χ3v) is 6.21. The van der Waals surface area contributed by atoms with Gasteiger partial charge in [0.15, 0.2) is 5.69 Å². The summed E-state index contributed by atoms with van der Waals surface area (Å²) in [5.41, 5.74) is 5.11. The maximum Gasteiger partial charge on any atom is 0.420 e. The van der Waals surface area contributed by atoms with Crippen LogP contribution in [-0.4, -0.2) is 48.3 Å². The van der Waals surface area contributed by atoms with Gasteiger partial charge in [-0.15, -0.1) is 0 Å². The number of hydrogen-bond acceptors (Lipinski definition) is 7. The third kappa shape index (κ3) is 5.37. The van der Waals surface area contributed by atoms with E-state index in [0.717, 1.165) is 6.42 Å². The fraction of sp³-hybridized carbons (Fsp3) is 0.320. The number of aryl methyl sites for hydroxylation is 1. The van der Waals surface area contributed by atoms with Gasteiger partial charge in [-0.2, -0.15) is 33.6 Å². The van der Waals surface area contributed by atoms with Crippen LogP contribution in [0.5, 0.6) is 5.75 Å². The third-order valence-electron chi connectivity index (χ3n) is 6.21. The van der Waals surface area contributed by atoms with Crippen LogP contribution in [0.4, 0.5) is 18.9 Å². The highest BCUT2D eigenvalue weighted by Crippen LogP contribution is 2.47. The van der Waals surface area contributed by atoms with Gasteiger partial charge in [-0.05, 0) is 56.5 Å². The molecule has 0 radical (unpaired) electrons. The molecule has 0 unspecified atom stereocenters. The number of nitrogens with zero attached hydrogens (tertiary/aromatic N) is 6. The highest BCUT2D eigenvalue weighted by molar-refractivity contribution is 6.05. The van der Waals surface area contributed by atoms with Gasteiger partial charge in [-0.3, -0.25) is 9.48 Å². The monoisotopic (exact) mass is 526 g/mol. The van der Waals surface area contributed by atoms with E-state index in [1.807, 2.05) is 0 Å². The van der Waals surface area contributed by atoms with Crippen LogP contribution < -0.4 is 15.8 Å². The summed E-state index contributed by atoms with van der Waals surface area (Å²) in [5, 5.41) is 18.5. The van der Waals surface area contributed by atoms with Crippen molar-refractivity contribution < 1.29 is 22.7 Å². The van der Waals surface area contributed by atoms with Crippen molar-refractivity contribution in [3.05, 3.63) is 66.5 Å². The summed E-state index contributed by atoms with van der Waals surface area (Å²) < 4.78 is 52.3. The van der Waals surface area contributed by atoms with Crippen LogP contribution in [0.15, 0.2) is 55.2 Å². The molecule has 0 bridgehead atoms. The Morgan fingerprint density at radius 3 is 2.68 bits per heavy atom. The van der Waals surface area contributed by atoms with Crippen LogP contribution in [0.3, 0.4) is 0 Å². The second kappa shape index (κ2) is 10.6. The van der Waals surface area contributed by atoms with Gasteiger partial charge in [0.05, 0.1) is 30.4 Å². The molecule has 3 aromatic heterocycles. The van der Waals surface area contributed by atoms with Gasteiger partial charge in [0, 0.05) is 35.8 Å². The molecule has 13 heteroatoms. The summed E-state index contributed by atoms with van der Waals surface area (Å²) in [5.74, 6) is -0.956. The molecular formula is C25H25F3N8O2. The summed E-state index contributed by atoms with van der Waals surface area (Å²) in [4.78, 5) is 13.1. The molecule has 1 amide bonds. The number of ether oxygens (including phenoxy) is 1.